The van der Waals surface area contributed by atoms with Crippen molar-refractivity contribution in [2.45, 2.75) is 0 Å². The van der Waals surface area contributed by atoms with E-state index in [1.807, 2.05) is 30.3 Å². The van der Waals surface area contributed by atoms with Crippen molar-refractivity contribution in [3.8, 4) is 0 Å². The van der Waals surface area contributed by atoms with Crippen molar-refractivity contribution in [2.75, 3.05) is 11.1 Å². The zero-order valence-electron chi connectivity index (χ0n) is 9.22. The molecule has 0 bridgehead atoms. The highest BCUT2D eigenvalue weighted by Gasteiger charge is 2.05. The minimum atomic E-state index is 0.476. The standard InChI is InChI=1S/C12H9ClN4S/c13-7-4-5-8-9(6-7)18-12(15-8)17-11-3-1-2-10(14)16-11/h1-6H,(H3,14,15,16,17). The first-order valence-corrected chi connectivity index (χ1v) is 6.46. The molecule has 0 fully saturated rings. The molecular formula is C12H9ClN4S. The van der Waals surface area contributed by atoms with E-state index in [-0.39, 0.29) is 0 Å². The molecule has 90 valence electrons. The van der Waals surface area contributed by atoms with Crippen molar-refractivity contribution in [1.82, 2.24) is 9.97 Å². The lowest BCUT2D eigenvalue weighted by Crippen LogP contribution is -1.95. The normalized spacial score (nSPS) is 10.7. The number of nitrogen functional groups attached to an aromatic ring is 1. The first-order valence-electron chi connectivity index (χ1n) is 5.26. The summed E-state index contributed by atoms with van der Waals surface area (Å²) in [4.78, 5) is 8.61. The van der Waals surface area contributed by atoms with Gasteiger partial charge >= 0.3 is 0 Å². The molecule has 3 N–H and O–H groups in total. The predicted molar refractivity (Wildman–Crippen MR) is 76.6 cm³/mol. The molecule has 1 aromatic carbocycles. The Morgan fingerprint density at radius 2 is 2.06 bits per heavy atom. The molecule has 0 spiro atoms. The van der Waals surface area contributed by atoms with E-state index in [2.05, 4.69) is 15.3 Å². The van der Waals surface area contributed by atoms with Gasteiger partial charge in [0.1, 0.15) is 11.6 Å². The number of benzene rings is 1. The third-order valence-electron chi connectivity index (χ3n) is 2.36. The minimum absolute atomic E-state index is 0.476. The lowest BCUT2D eigenvalue weighted by Gasteiger charge is -2.01. The van der Waals surface area contributed by atoms with Gasteiger partial charge in [0.25, 0.3) is 0 Å². The summed E-state index contributed by atoms with van der Waals surface area (Å²) in [6.07, 6.45) is 0. The fourth-order valence-corrected chi connectivity index (χ4v) is 2.73. The summed E-state index contributed by atoms with van der Waals surface area (Å²) >= 11 is 7.46. The van der Waals surface area contributed by atoms with Crippen LogP contribution in [0.3, 0.4) is 0 Å². The fourth-order valence-electron chi connectivity index (χ4n) is 1.58. The molecule has 0 atom stereocenters. The van der Waals surface area contributed by atoms with Crippen LogP contribution in [0.15, 0.2) is 36.4 Å². The number of pyridine rings is 1. The van der Waals surface area contributed by atoms with Gasteiger partial charge < -0.3 is 11.1 Å². The van der Waals surface area contributed by atoms with Crippen molar-refractivity contribution < 1.29 is 0 Å². The van der Waals surface area contributed by atoms with Gasteiger partial charge in [-0.25, -0.2) is 9.97 Å². The van der Waals surface area contributed by atoms with Gasteiger partial charge in [-0.3, -0.25) is 0 Å². The molecule has 18 heavy (non-hydrogen) atoms. The molecule has 0 amide bonds. The number of nitrogens with zero attached hydrogens (tertiary/aromatic N) is 2. The lowest BCUT2D eigenvalue weighted by atomic mass is 10.3. The molecule has 0 radical (unpaired) electrons. The van der Waals surface area contributed by atoms with Crippen molar-refractivity contribution in [1.29, 1.82) is 0 Å². The van der Waals surface area contributed by atoms with E-state index in [1.165, 1.54) is 11.3 Å². The Balaban J connectivity index is 1.95. The van der Waals surface area contributed by atoms with E-state index >= 15 is 0 Å². The molecule has 0 aliphatic rings. The number of halogens is 1. The number of rotatable bonds is 2. The summed E-state index contributed by atoms with van der Waals surface area (Å²) in [5, 5.41) is 4.60. The zero-order chi connectivity index (χ0) is 12.5. The molecule has 6 heteroatoms. The Morgan fingerprint density at radius 1 is 1.17 bits per heavy atom. The van der Waals surface area contributed by atoms with Crippen molar-refractivity contribution >= 4 is 49.9 Å². The summed E-state index contributed by atoms with van der Waals surface area (Å²) in [7, 11) is 0. The maximum Gasteiger partial charge on any atom is 0.189 e. The average Bonchev–Trinajstić information content (AvgIpc) is 2.70. The molecule has 0 aliphatic heterocycles. The number of fused-ring (bicyclic) bond motifs is 1. The van der Waals surface area contributed by atoms with Crippen LogP contribution in [0, 0.1) is 0 Å². The number of nitrogens with one attached hydrogen (secondary N) is 1. The molecule has 2 heterocycles. The van der Waals surface area contributed by atoms with Gasteiger partial charge in [0.05, 0.1) is 10.2 Å². The first kappa shape index (κ1) is 11.3. The largest absolute Gasteiger partial charge is 0.384 e. The van der Waals surface area contributed by atoms with Crippen LogP contribution in [0.1, 0.15) is 0 Å². The number of nitrogens with two attached hydrogens (primary N) is 1. The Bertz CT molecular complexity index is 710. The maximum absolute atomic E-state index is 5.94. The highest BCUT2D eigenvalue weighted by Crippen LogP contribution is 2.29. The number of anilines is 3. The summed E-state index contributed by atoms with van der Waals surface area (Å²) in [5.74, 6) is 1.16. The van der Waals surface area contributed by atoms with E-state index < -0.39 is 0 Å². The van der Waals surface area contributed by atoms with Crippen LogP contribution in [0.2, 0.25) is 5.02 Å². The van der Waals surface area contributed by atoms with E-state index in [4.69, 9.17) is 17.3 Å². The van der Waals surface area contributed by atoms with E-state index in [0.717, 1.165) is 15.3 Å². The summed E-state index contributed by atoms with van der Waals surface area (Å²) < 4.78 is 1.04. The van der Waals surface area contributed by atoms with Gasteiger partial charge in [-0.1, -0.05) is 29.0 Å². The smallest absolute Gasteiger partial charge is 0.189 e. The molecule has 3 rings (SSSR count). The van der Waals surface area contributed by atoms with Gasteiger partial charge in [0.15, 0.2) is 5.13 Å². The SMILES string of the molecule is Nc1cccc(Nc2nc3ccc(Cl)cc3s2)n1. The molecular weight excluding hydrogens is 268 g/mol. The summed E-state index contributed by atoms with van der Waals surface area (Å²) in [5.41, 5.74) is 6.53. The Hall–Kier alpha value is -1.85. The molecule has 0 saturated heterocycles. The second-order valence-electron chi connectivity index (χ2n) is 3.70. The van der Waals surface area contributed by atoms with E-state index in [1.54, 1.807) is 6.07 Å². The second kappa shape index (κ2) is 4.44. The number of hydrogen-bond donors (Lipinski definition) is 2. The highest BCUT2D eigenvalue weighted by atomic mass is 35.5. The van der Waals surface area contributed by atoms with Crippen molar-refractivity contribution in [3.05, 3.63) is 41.4 Å². The van der Waals surface area contributed by atoms with Gasteiger partial charge in [-0.05, 0) is 30.3 Å². The first-order chi connectivity index (χ1) is 8.70. The minimum Gasteiger partial charge on any atom is -0.384 e. The molecule has 0 unspecified atom stereocenters. The maximum atomic E-state index is 5.94. The second-order valence-corrected chi connectivity index (χ2v) is 5.17. The van der Waals surface area contributed by atoms with E-state index in [0.29, 0.717) is 16.7 Å². The quantitative estimate of drug-likeness (QED) is 0.749. The van der Waals surface area contributed by atoms with Crippen LogP contribution in [-0.4, -0.2) is 9.97 Å². The van der Waals surface area contributed by atoms with Crippen molar-refractivity contribution in [3.63, 3.8) is 0 Å². The van der Waals surface area contributed by atoms with Crippen molar-refractivity contribution in [2.24, 2.45) is 0 Å². The van der Waals surface area contributed by atoms with Crippen LogP contribution < -0.4 is 11.1 Å². The topological polar surface area (TPSA) is 63.8 Å². The zero-order valence-corrected chi connectivity index (χ0v) is 10.8. The third kappa shape index (κ3) is 2.23. The monoisotopic (exact) mass is 276 g/mol. The Kier molecular flexibility index (Phi) is 2.77. The molecule has 0 saturated carbocycles. The number of hydrogen-bond acceptors (Lipinski definition) is 5. The molecule has 3 aromatic rings. The Labute approximate surface area is 112 Å². The highest BCUT2D eigenvalue weighted by molar-refractivity contribution is 7.22. The Morgan fingerprint density at radius 3 is 2.89 bits per heavy atom. The number of aromatic nitrogens is 2. The van der Waals surface area contributed by atoms with Gasteiger partial charge in [-0.2, -0.15) is 0 Å². The lowest BCUT2D eigenvalue weighted by molar-refractivity contribution is 1.30. The van der Waals surface area contributed by atoms with Crippen LogP contribution in [0.5, 0.6) is 0 Å². The van der Waals surface area contributed by atoms with Crippen LogP contribution in [-0.2, 0) is 0 Å². The number of thiazole rings is 1. The summed E-state index contributed by atoms with van der Waals surface area (Å²) in [6.45, 7) is 0. The molecule has 0 aliphatic carbocycles. The van der Waals surface area contributed by atoms with Crippen LogP contribution in [0.25, 0.3) is 10.2 Å². The van der Waals surface area contributed by atoms with E-state index in [9.17, 15) is 0 Å². The fraction of sp³-hybridized carbons (Fsp3) is 0. The summed E-state index contributed by atoms with van der Waals surface area (Å²) in [6, 6.07) is 11.0. The van der Waals surface area contributed by atoms with Gasteiger partial charge in [-0.15, -0.1) is 0 Å². The van der Waals surface area contributed by atoms with Crippen LogP contribution in [0.4, 0.5) is 16.8 Å². The molecule has 2 aromatic heterocycles. The third-order valence-corrected chi connectivity index (χ3v) is 3.52. The molecule has 4 nitrogen and oxygen atoms in total. The predicted octanol–water partition coefficient (Wildman–Crippen LogP) is 3.67. The van der Waals surface area contributed by atoms with Gasteiger partial charge in [0, 0.05) is 5.02 Å². The van der Waals surface area contributed by atoms with Gasteiger partial charge in [0.2, 0.25) is 0 Å². The average molecular weight is 277 g/mol. The van der Waals surface area contributed by atoms with Crippen LogP contribution >= 0.6 is 22.9 Å².